The van der Waals surface area contributed by atoms with Gasteiger partial charge in [0.25, 0.3) is 0 Å². The molecule has 0 aliphatic carbocycles. The lowest BCUT2D eigenvalue weighted by atomic mass is 9.90. The quantitative estimate of drug-likeness (QED) is 0.842. The van der Waals surface area contributed by atoms with E-state index in [1.54, 1.807) is 6.92 Å². The summed E-state index contributed by atoms with van der Waals surface area (Å²) in [6, 6.07) is 7.23. The molecule has 0 bridgehead atoms. The maximum Gasteiger partial charge on any atom is 0.395 e. The summed E-state index contributed by atoms with van der Waals surface area (Å²) in [6.07, 6.45) is -4.72. The molecule has 0 saturated carbocycles. The van der Waals surface area contributed by atoms with Crippen molar-refractivity contribution in [1.29, 1.82) is 0 Å². The van der Waals surface area contributed by atoms with Gasteiger partial charge in [-0.15, -0.1) is 0 Å². The molecule has 0 amide bonds. The molecule has 9 heteroatoms. The second kappa shape index (κ2) is 5.80. The molecule has 0 fully saturated rings. The summed E-state index contributed by atoms with van der Waals surface area (Å²) in [7, 11) is -3.86. The molecule has 0 spiro atoms. The van der Waals surface area contributed by atoms with Crippen LogP contribution in [0.5, 0.6) is 0 Å². The van der Waals surface area contributed by atoms with Crippen molar-refractivity contribution >= 4 is 15.7 Å². The Bertz CT molecular complexity index is 846. The van der Waals surface area contributed by atoms with Crippen LogP contribution in [0.1, 0.15) is 29.4 Å². The number of halogens is 3. The predicted molar refractivity (Wildman–Crippen MR) is 81.1 cm³/mol. The number of hydrogen-bond donors (Lipinski definition) is 0. The number of fused-ring (bicyclic) bond motifs is 1. The second-order valence-electron chi connectivity index (χ2n) is 5.70. The van der Waals surface area contributed by atoms with Gasteiger partial charge in [-0.1, -0.05) is 23.4 Å². The number of sulfonamides is 1. The van der Waals surface area contributed by atoms with Crippen LogP contribution in [0.2, 0.25) is 0 Å². The molecule has 3 rings (SSSR count). The zero-order chi connectivity index (χ0) is 17.5. The molecule has 1 aromatic heterocycles. The summed E-state index contributed by atoms with van der Waals surface area (Å²) in [5, 5.41) is 3.65. The van der Waals surface area contributed by atoms with Crippen molar-refractivity contribution in [2.75, 3.05) is 10.8 Å². The van der Waals surface area contributed by atoms with Gasteiger partial charge >= 0.3 is 6.18 Å². The summed E-state index contributed by atoms with van der Waals surface area (Å²) < 4.78 is 70.8. The highest BCUT2D eigenvalue weighted by molar-refractivity contribution is 7.92. The fourth-order valence-corrected chi connectivity index (χ4v) is 4.43. The van der Waals surface area contributed by atoms with E-state index >= 15 is 0 Å². The fraction of sp³-hybridized carbons (Fsp3) is 0.400. The molecule has 0 saturated heterocycles. The number of aromatic nitrogens is 1. The van der Waals surface area contributed by atoms with Gasteiger partial charge in [-0.05, 0) is 25.0 Å². The zero-order valence-corrected chi connectivity index (χ0v) is 13.6. The minimum atomic E-state index is -4.41. The highest BCUT2D eigenvalue weighted by Gasteiger charge is 2.45. The van der Waals surface area contributed by atoms with E-state index in [1.807, 2.05) is 0 Å². The third-order valence-corrected chi connectivity index (χ3v) is 5.65. The van der Waals surface area contributed by atoms with Crippen molar-refractivity contribution < 1.29 is 26.1 Å². The van der Waals surface area contributed by atoms with Gasteiger partial charge < -0.3 is 4.52 Å². The van der Waals surface area contributed by atoms with Crippen molar-refractivity contribution in [3.05, 3.63) is 47.3 Å². The van der Waals surface area contributed by atoms with Gasteiger partial charge in [0.15, 0.2) is 0 Å². The van der Waals surface area contributed by atoms with Crippen molar-refractivity contribution in [3.8, 4) is 0 Å². The lowest BCUT2D eigenvalue weighted by Crippen LogP contribution is -2.40. The van der Waals surface area contributed by atoms with E-state index in [4.69, 9.17) is 4.52 Å². The maximum atomic E-state index is 13.2. The number of anilines is 1. The summed E-state index contributed by atoms with van der Waals surface area (Å²) >= 11 is 0. The highest BCUT2D eigenvalue weighted by atomic mass is 32.2. The first-order valence-corrected chi connectivity index (χ1v) is 8.87. The Morgan fingerprint density at radius 1 is 1.33 bits per heavy atom. The smallest absolute Gasteiger partial charge is 0.361 e. The molecule has 5 nitrogen and oxygen atoms in total. The summed E-state index contributed by atoms with van der Waals surface area (Å²) in [5.74, 6) is -1.61. The van der Waals surface area contributed by atoms with E-state index in [1.165, 1.54) is 30.3 Å². The van der Waals surface area contributed by atoms with Crippen LogP contribution in [0.15, 0.2) is 34.9 Å². The van der Waals surface area contributed by atoms with Gasteiger partial charge in [0.1, 0.15) is 17.2 Å². The minimum absolute atomic E-state index is 0.0174. The van der Waals surface area contributed by atoms with Crippen molar-refractivity contribution in [3.63, 3.8) is 0 Å². The summed E-state index contributed by atoms with van der Waals surface area (Å²) in [5.41, 5.74) is 0.283. The van der Waals surface area contributed by atoms with Crippen LogP contribution in [-0.2, 0) is 15.8 Å². The average Bonchev–Trinajstić information content (AvgIpc) is 2.89. The third kappa shape index (κ3) is 3.12. The van der Waals surface area contributed by atoms with Gasteiger partial charge in [0.2, 0.25) is 10.0 Å². The average molecular weight is 360 g/mol. The van der Waals surface area contributed by atoms with Crippen LogP contribution in [-0.4, -0.2) is 26.3 Å². The van der Waals surface area contributed by atoms with Crippen LogP contribution in [0.3, 0.4) is 0 Å². The topological polar surface area (TPSA) is 63.4 Å². The Kier molecular flexibility index (Phi) is 4.06. The van der Waals surface area contributed by atoms with E-state index in [9.17, 15) is 21.6 Å². The van der Waals surface area contributed by atoms with Crippen LogP contribution >= 0.6 is 0 Å². The molecule has 1 atom stereocenters. The first-order valence-electron chi connectivity index (χ1n) is 7.27. The third-order valence-electron chi connectivity index (χ3n) is 3.94. The van der Waals surface area contributed by atoms with E-state index < -0.39 is 27.9 Å². The number of nitrogens with zero attached hydrogens (tertiary/aromatic N) is 2. The number of benzene rings is 1. The highest BCUT2D eigenvalue weighted by Crippen LogP contribution is 2.45. The minimum Gasteiger partial charge on any atom is -0.361 e. The Hall–Kier alpha value is -2.03. The van der Waals surface area contributed by atoms with Crippen molar-refractivity contribution in [1.82, 2.24) is 5.16 Å². The molecule has 2 aromatic rings. The number of para-hydroxylation sites is 1. The van der Waals surface area contributed by atoms with E-state index in [2.05, 4.69) is 5.16 Å². The Labute approximate surface area is 137 Å². The molecular weight excluding hydrogens is 345 g/mol. The van der Waals surface area contributed by atoms with Crippen molar-refractivity contribution in [2.24, 2.45) is 0 Å². The first-order chi connectivity index (χ1) is 11.2. The van der Waals surface area contributed by atoms with Crippen LogP contribution in [0.25, 0.3) is 0 Å². The summed E-state index contributed by atoms with van der Waals surface area (Å²) in [6.45, 7) is 1.41. The Morgan fingerprint density at radius 3 is 2.67 bits per heavy atom. The largest absolute Gasteiger partial charge is 0.395 e. The SMILES string of the molecule is Cc1cc(CS(=O)(=O)N2CCC(C(F)(F)F)c3ccccc32)no1. The van der Waals surface area contributed by atoms with Gasteiger partial charge in [0, 0.05) is 12.6 Å². The van der Waals surface area contributed by atoms with E-state index in [-0.39, 0.29) is 29.9 Å². The van der Waals surface area contributed by atoms with Crippen LogP contribution in [0, 0.1) is 6.92 Å². The molecule has 1 aromatic carbocycles. The Morgan fingerprint density at radius 2 is 2.04 bits per heavy atom. The molecule has 1 aliphatic rings. The monoisotopic (exact) mass is 360 g/mol. The predicted octanol–water partition coefficient (Wildman–Crippen LogP) is 3.37. The molecule has 1 aliphatic heterocycles. The molecule has 24 heavy (non-hydrogen) atoms. The number of aryl methyl sites for hydroxylation is 1. The van der Waals surface area contributed by atoms with Crippen molar-refractivity contribution in [2.45, 2.75) is 31.2 Å². The van der Waals surface area contributed by atoms with Crippen LogP contribution in [0.4, 0.5) is 18.9 Å². The number of rotatable bonds is 3. The van der Waals surface area contributed by atoms with Gasteiger partial charge in [-0.3, -0.25) is 4.31 Å². The Balaban J connectivity index is 1.97. The molecule has 0 N–H and O–H groups in total. The van der Waals surface area contributed by atoms with E-state index in [0.29, 0.717) is 5.76 Å². The molecule has 2 heterocycles. The van der Waals surface area contributed by atoms with Gasteiger partial charge in [-0.2, -0.15) is 13.2 Å². The lowest BCUT2D eigenvalue weighted by Gasteiger charge is -2.35. The van der Waals surface area contributed by atoms with E-state index in [0.717, 1.165) is 4.31 Å². The second-order valence-corrected chi connectivity index (χ2v) is 7.59. The standard InChI is InChI=1S/C15H15F3N2O3S/c1-10-8-11(19-23-10)9-24(21,22)20-7-6-13(15(16,17)18)12-4-2-3-5-14(12)20/h2-5,8,13H,6-7,9H2,1H3. The number of alkyl halides is 3. The zero-order valence-electron chi connectivity index (χ0n) is 12.7. The van der Waals surface area contributed by atoms with Gasteiger partial charge in [-0.25, -0.2) is 8.42 Å². The number of hydrogen-bond acceptors (Lipinski definition) is 4. The maximum absolute atomic E-state index is 13.2. The summed E-state index contributed by atoms with van der Waals surface area (Å²) in [4.78, 5) is 0. The normalized spacial score (nSPS) is 18.5. The lowest BCUT2D eigenvalue weighted by molar-refractivity contribution is -0.151. The molecule has 0 radical (unpaired) electrons. The van der Waals surface area contributed by atoms with Gasteiger partial charge in [0.05, 0.1) is 11.6 Å². The van der Waals surface area contributed by atoms with Crippen LogP contribution < -0.4 is 4.31 Å². The molecule has 1 unspecified atom stereocenters. The molecule has 130 valence electrons. The molecular formula is C15H15F3N2O3S. The first kappa shape index (κ1) is 16.8. The fourth-order valence-electron chi connectivity index (χ4n) is 2.91.